The average molecular weight is 269 g/mol. The third-order valence-corrected chi connectivity index (χ3v) is 3.13. The van der Waals surface area contributed by atoms with Crippen LogP contribution in [0.25, 0.3) is 10.9 Å². The molecule has 0 unspecified atom stereocenters. The second-order valence-electron chi connectivity index (χ2n) is 4.53. The molecule has 4 nitrogen and oxygen atoms in total. The number of halogens is 1. The zero-order chi connectivity index (χ0) is 14.1. The van der Waals surface area contributed by atoms with Gasteiger partial charge in [-0.3, -0.25) is 9.89 Å². The van der Waals surface area contributed by atoms with E-state index in [0.717, 1.165) is 5.56 Å². The Bertz CT molecular complexity index is 795. The van der Waals surface area contributed by atoms with Crippen molar-refractivity contribution in [2.24, 2.45) is 0 Å². The number of hydrogen-bond donors (Lipinski definition) is 2. The van der Waals surface area contributed by atoms with Crippen LogP contribution in [-0.4, -0.2) is 16.1 Å². The van der Waals surface area contributed by atoms with Crippen LogP contribution >= 0.6 is 0 Å². The topological polar surface area (TPSA) is 57.8 Å². The Morgan fingerprint density at radius 1 is 1.25 bits per heavy atom. The molecule has 20 heavy (non-hydrogen) atoms. The zero-order valence-electron chi connectivity index (χ0n) is 10.8. The number of H-pyrrole nitrogens is 1. The van der Waals surface area contributed by atoms with Gasteiger partial charge in [0.15, 0.2) is 5.69 Å². The fraction of sp³-hybridized carbons (Fsp3) is 0.0667. The van der Waals surface area contributed by atoms with Crippen molar-refractivity contribution in [2.45, 2.75) is 6.92 Å². The zero-order valence-corrected chi connectivity index (χ0v) is 10.8. The van der Waals surface area contributed by atoms with E-state index < -0.39 is 5.82 Å². The highest BCUT2D eigenvalue weighted by atomic mass is 19.1. The van der Waals surface area contributed by atoms with Gasteiger partial charge in [-0.2, -0.15) is 5.10 Å². The van der Waals surface area contributed by atoms with Crippen molar-refractivity contribution < 1.29 is 9.18 Å². The van der Waals surface area contributed by atoms with Gasteiger partial charge in [-0.05, 0) is 36.8 Å². The Morgan fingerprint density at radius 3 is 2.85 bits per heavy atom. The van der Waals surface area contributed by atoms with Gasteiger partial charge in [-0.25, -0.2) is 4.39 Å². The highest BCUT2D eigenvalue weighted by molar-refractivity contribution is 6.11. The number of aryl methyl sites for hydroxylation is 1. The van der Waals surface area contributed by atoms with Crippen LogP contribution in [0.4, 0.5) is 10.1 Å². The van der Waals surface area contributed by atoms with Gasteiger partial charge < -0.3 is 5.32 Å². The largest absolute Gasteiger partial charge is 0.320 e. The molecule has 100 valence electrons. The third-order valence-electron chi connectivity index (χ3n) is 3.13. The summed E-state index contributed by atoms with van der Waals surface area (Å²) in [4.78, 5) is 12.2. The van der Waals surface area contributed by atoms with Gasteiger partial charge in [0.05, 0.1) is 5.52 Å². The second kappa shape index (κ2) is 4.77. The molecule has 0 aliphatic rings. The molecule has 0 bridgehead atoms. The first-order chi connectivity index (χ1) is 9.65. The number of amides is 1. The van der Waals surface area contributed by atoms with Gasteiger partial charge in [0.1, 0.15) is 5.82 Å². The summed E-state index contributed by atoms with van der Waals surface area (Å²) in [5.41, 5.74) is 2.47. The van der Waals surface area contributed by atoms with Gasteiger partial charge in [0.25, 0.3) is 5.91 Å². The van der Waals surface area contributed by atoms with Crippen molar-refractivity contribution >= 4 is 22.5 Å². The number of fused-ring (bicyclic) bond motifs is 1. The summed E-state index contributed by atoms with van der Waals surface area (Å²) in [5, 5.41) is 9.93. The summed E-state index contributed by atoms with van der Waals surface area (Å²) in [6.07, 6.45) is 0. The van der Waals surface area contributed by atoms with Crippen LogP contribution in [0.1, 0.15) is 16.1 Å². The second-order valence-corrected chi connectivity index (χ2v) is 4.53. The molecule has 3 rings (SSSR count). The fourth-order valence-corrected chi connectivity index (χ4v) is 2.05. The number of benzene rings is 2. The van der Waals surface area contributed by atoms with E-state index in [2.05, 4.69) is 15.5 Å². The first-order valence-corrected chi connectivity index (χ1v) is 6.16. The molecule has 2 aromatic carbocycles. The number of para-hydroxylation sites is 1. The number of rotatable bonds is 2. The van der Waals surface area contributed by atoms with Crippen LogP contribution in [0.15, 0.2) is 42.5 Å². The number of nitrogens with zero attached hydrogens (tertiary/aromatic N) is 1. The number of anilines is 1. The number of carbonyl (C=O) groups is 1. The van der Waals surface area contributed by atoms with Gasteiger partial charge in [0, 0.05) is 11.1 Å². The van der Waals surface area contributed by atoms with Crippen LogP contribution in [-0.2, 0) is 0 Å². The van der Waals surface area contributed by atoms with Gasteiger partial charge in [-0.15, -0.1) is 0 Å². The van der Waals surface area contributed by atoms with E-state index in [1.54, 1.807) is 6.07 Å². The van der Waals surface area contributed by atoms with E-state index in [1.165, 1.54) is 12.1 Å². The van der Waals surface area contributed by atoms with E-state index in [4.69, 9.17) is 0 Å². The molecule has 0 atom stereocenters. The van der Waals surface area contributed by atoms with Crippen LogP contribution in [0.2, 0.25) is 0 Å². The van der Waals surface area contributed by atoms with E-state index in [9.17, 15) is 9.18 Å². The maximum atomic E-state index is 13.3. The highest BCUT2D eigenvalue weighted by Gasteiger charge is 2.15. The van der Waals surface area contributed by atoms with Gasteiger partial charge in [-0.1, -0.05) is 18.2 Å². The number of aromatic amines is 1. The maximum Gasteiger partial charge on any atom is 0.276 e. The van der Waals surface area contributed by atoms with E-state index in [0.29, 0.717) is 16.6 Å². The molecule has 0 spiro atoms. The lowest BCUT2D eigenvalue weighted by Gasteiger charge is -2.06. The summed E-state index contributed by atoms with van der Waals surface area (Å²) in [6.45, 7) is 1.90. The molecule has 0 aliphatic heterocycles. The Hall–Kier alpha value is -2.69. The normalized spacial score (nSPS) is 10.7. The lowest BCUT2D eigenvalue weighted by atomic mass is 10.1. The Morgan fingerprint density at radius 2 is 2.05 bits per heavy atom. The molecule has 0 saturated carbocycles. The van der Waals surface area contributed by atoms with Crippen LogP contribution in [0.3, 0.4) is 0 Å². The van der Waals surface area contributed by atoms with E-state index in [-0.39, 0.29) is 11.6 Å². The quantitative estimate of drug-likeness (QED) is 0.750. The minimum Gasteiger partial charge on any atom is -0.320 e. The molecule has 0 aliphatic carbocycles. The summed E-state index contributed by atoms with van der Waals surface area (Å²) >= 11 is 0. The molecular formula is C15H12FN3O. The van der Waals surface area contributed by atoms with Gasteiger partial charge in [0.2, 0.25) is 0 Å². The first-order valence-electron chi connectivity index (χ1n) is 6.16. The average Bonchev–Trinajstić information content (AvgIpc) is 2.84. The predicted octanol–water partition coefficient (Wildman–Crippen LogP) is 3.26. The molecule has 1 heterocycles. The monoisotopic (exact) mass is 269 g/mol. The molecular weight excluding hydrogens is 257 g/mol. The summed E-state index contributed by atoms with van der Waals surface area (Å²) < 4.78 is 13.3. The van der Waals surface area contributed by atoms with Crippen molar-refractivity contribution in [3.8, 4) is 0 Å². The molecule has 0 saturated heterocycles. The number of nitrogens with one attached hydrogen (secondary N) is 2. The van der Waals surface area contributed by atoms with Gasteiger partial charge >= 0.3 is 0 Å². The summed E-state index contributed by atoms with van der Waals surface area (Å²) in [5.74, 6) is -0.764. The third kappa shape index (κ3) is 2.14. The Kier molecular flexibility index (Phi) is 2.95. The van der Waals surface area contributed by atoms with Crippen molar-refractivity contribution in [3.05, 3.63) is 59.5 Å². The smallest absolute Gasteiger partial charge is 0.276 e. The SMILES string of the molecule is Cc1ccccc1NC(=O)c1n[nH]c2ccc(F)cc12. The molecule has 0 fully saturated rings. The van der Waals surface area contributed by atoms with Crippen LogP contribution < -0.4 is 5.32 Å². The first kappa shape index (κ1) is 12.3. The lowest BCUT2D eigenvalue weighted by Crippen LogP contribution is -2.13. The number of hydrogen-bond acceptors (Lipinski definition) is 2. The Balaban J connectivity index is 1.97. The van der Waals surface area contributed by atoms with Crippen molar-refractivity contribution in [1.82, 2.24) is 10.2 Å². The molecule has 3 aromatic rings. The summed E-state index contributed by atoms with van der Waals surface area (Å²) in [6, 6.07) is 11.6. The van der Waals surface area contributed by atoms with E-state index >= 15 is 0 Å². The molecule has 1 amide bonds. The van der Waals surface area contributed by atoms with Crippen molar-refractivity contribution in [3.63, 3.8) is 0 Å². The Labute approximate surface area is 114 Å². The standard InChI is InChI=1S/C15H12FN3O/c1-9-4-2-3-5-12(9)17-15(20)14-11-8-10(16)6-7-13(11)18-19-14/h2-8H,1H3,(H,17,20)(H,18,19). The lowest BCUT2D eigenvalue weighted by molar-refractivity contribution is 0.102. The van der Waals surface area contributed by atoms with Crippen molar-refractivity contribution in [1.29, 1.82) is 0 Å². The molecule has 2 N–H and O–H groups in total. The number of aromatic nitrogens is 2. The highest BCUT2D eigenvalue weighted by Crippen LogP contribution is 2.19. The molecule has 0 radical (unpaired) electrons. The van der Waals surface area contributed by atoms with Crippen LogP contribution in [0, 0.1) is 12.7 Å². The van der Waals surface area contributed by atoms with Crippen molar-refractivity contribution in [2.75, 3.05) is 5.32 Å². The maximum absolute atomic E-state index is 13.3. The van der Waals surface area contributed by atoms with E-state index in [1.807, 2.05) is 31.2 Å². The minimum atomic E-state index is -0.399. The molecule has 5 heteroatoms. The fourth-order valence-electron chi connectivity index (χ4n) is 2.05. The predicted molar refractivity (Wildman–Crippen MR) is 75.2 cm³/mol. The number of carbonyl (C=O) groups excluding carboxylic acids is 1. The van der Waals surface area contributed by atoms with Crippen LogP contribution in [0.5, 0.6) is 0 Å². The summed E-state index contributed by atoms with van der Waals surface area (Å²) in [7, 11) is 0. The molecule has 1 aromatic heterocycles. The minimum absolute atomic E-state index is 0.183.